The van der Waals surface area contributed by atoms with Gasteiger partial charge in [-0.25, -0.2) is 0 Å². The molecule has 0 spiro atoms. The quantitative estimate of drug-likeness (QED) is 0.936. The van der Waals surface area contributed by atoms with Crippen molar-refractivity contribution in [2.75, 3.05) is 6.79 Å². The molecule has 0 bridgehead atoms. The maximum Gasteiger partial charge on any atom is 0.264 e. The van der Waals surface area contributed by atoms with E-state index in [2.05, 4.69) is 10.5 Å². The van der Waals surface area contributed by atoms with E-state index < -0.39 is 6.10 Å². The molecule has 0 radical (unpaired) electrons. The van der Waals surface area contributed by atoms with E-state index in [1.54, 1.807) is 0 Å². The van der Waals surface area contributed by atoms with Crippen molar-refractivity contribution < 1.29 is 19.1 Å². The molecule has 2 aliphatic rings. The fourth-order valence-electron chi connectivity index (χ4n) is 2.67. The SMILES string of the molecule is O=C(NCc1ccc2c(c1)OCO2)[C@@H]1CC(c2ccccc2)=NO1. The maximum atomic E-state index is 12.3. The van der Waals surface area contributed by atoms with Gasteiger partial charge in [-0.05, 0) is 23.3 Å². The molecule has 1 atom stereocenters. The smallest absolute Gasteiger partial charge is 0.264 e. The number of nitrogens with zero attached hydrogens (tertiary/aromatic N) is 1. The second-order valence-electron chi connectivity index (χ2n) is 5.61. The second-order valence-corrected chi connectivity index (χ2v) is 5.61. The molecule has 0 aliphatic carbocycles. The number of benzene rings is 2. The summed E-state index contributed by atoms with van der Waals surface area (Å²) in [6.45, 7) is 0.636. The highest BCUT2D eigenvalue weighted by atomic mass is 16.7. The van der Waals surface area contributed by atoms with Crippen LogP contribution in [0.3, 0.4) is 0 Å². The number of rotatable bonds is 4. The van der Waals surface area contributed by atoms with Crippen molar-refractivity contribution in [3.63, 3.8) is 0 Å². The predicted molar refractivity (Wildman–Crippen MR) is 86.9 cm³/mol. The van der Waals surface area contributed by atoms with Crippen LogP contribution in [0.1, 0.15) is 17.5 Å². The molecule has 2 aromatic rings. The second kappa shape index (κ2) is 6.23. The molecule has 0 unspecified atom stereocenters. The molecular weight excluding hydrogens is 308 g/mol. The first-order valence-corrected chi connectivity index (χ1v) is 7.74. The molecule has 0 saturated carbocycles. The van der Waals surface area contributed by atoms with Crippen molar-refractivity contribution in [3.8, 4) is 11.5 Å². The normalized spacial score (nSPS) is 18.0. The van der Waals surface area contributed by atoms with E-state index in [9.17, 15) is 4.79 Å². The molecule has 0 saturated heterocycles. The Balaban J connectivity index is 1.33. The minimum absolute atomic E-state index is 0.178. The molecule has 24 heavy (non-hydrogen) atoms. The Hall–Kier alpha value is -3.02. The van der Waals surface area contributed by atoms with Crippen LogP contribution in [0.2, 0.25) is 0 Å². The van der Waals surface area contributed by atoms with E-state index >= 15 is 0 Å². The first kappa shape index (κ1) is 14.6. The largest absolute Gasteiger partial charge is 0.454 e. The first-order valence-electron chi connectivity index (χ1n) is 7.74. The van der Waals surface area contributed by atoms with Gasteiger partial charge in [0.1, 0.15) is 0 Å². The average Bonchev–Trinajstić information content (AvgIpc) is 3.29. The molecule has 1 N–H and O–H groups in total. The molecule has 0 fully saturated rings. The highest BCUT2D eigenvalue weighted by molar-refractivity contribution is 6.04. The number of ether oxygens (including phenoxy) is 2. The maximum absolute atomic E-state index is 12.3. The molecule has 6 nitrogen and oxygen atoms in total. The fourth-order valence-corrected chi connectivity index (χ4v) is 2.67. The number of amides is 1. The summed E-state index contributed by atoms with van der Waals surface area (Å²) < 4.78 is 10.6. The lowest BCUT2D eigenvalue weighted by Crippen LogP contribution is -2.34. The Morgan fingerprint density at radius 1 is 1.12 bits per heavy atom. The van der Waals surface area contributed by atoms with Gasteiger partial charge in [0.15, 0.2) is 11.5 Å². The Bertz CT molecular complexity index is 789. The Labute approximate surface area is 139 Å². The van der Waals surface area contributed by atoms with Crippen LogP contribution >= 0.6 is 0 Å². The standard InChI is InChI=1S/C18H16N2O4/c21-18(17-9-14(20-24-17)13-4-2-1-3-5-13)19-10-12-6-7-15-16(8-12)23-11-22-15/h1-8,17H,9-11H2,(H,19,21)/t17-/m0/s1. The van der Waals surface area contributed by atoms with Crippen LogP contribution in [0.15, 0.2) is 53.7 Å². The van der Waals surface area contributed by atoms with E-state index in [0.29, 0.717) is 18.7 Å². The number of hydrogen-bond acceptors (Lipinski definition) is 5. The average molecular weight is 324 g/mol. The number of fused-ring (bicyclic) bond motifs is 1. The molecule has 1 amide bonds. The summed E-state index contributed by atoms with van der Waals surface area (Å²) in [4.78, 5) is 17.5. The van der Waals surface area contributed by atoms with Crippen LogP contribution in [0.5, 0.6) is 11.5 Å². The zero-order valence-electron chi connectivity index (χ0n) is 12.9. The van der Waals surface area contributed by atoms with E-state index in [1.807, 2.05) is 48.5 Å². The minimum Gasteiger partial charge on any atom is -0.454 e. The van der Waals surface area contributed by atoms with Crippen LogP contribution in [0.25, 0.3) is 0 Å². The third-order valence-corrected chi connectivity index (χ3v) is 3.97. The van der Waals surface area contributed by atoms with Crippen LogP contribution in [-0.4, -0.2) is 24.5 Å². The zero-order valence-corrected chi connectivity index (χ0v) is 12.9. The lowest BCUT2D eigenvalue weighted by Gasteiger charge is -2.10. The van der Waals surface area contributed by atoms with Crippen molar-refractivity contribution in [2.45, 2.75) is 19.1 Å². The van der Waals surface area contributed by atoms with Crippen LogP contribution in [0.4, 0.5) is 0 Å². The van der Waals surface area contributed by atoms with E-state index in [-0.39, 0.29) is 12.7 Å². The number of carbonyl (C=O) groups excluding carboxylic acids is 1. The molecular formula is C18H16N2O4. The van der Waals surface area contributed by atoms with Crippen molar-refractivity contribution in [1.82, 2.24) is 5.32 Å². The summed E-state index contributed by atoms with van der Waals surface area (Å²) in [5.74, 6) is 1.25. The summed E-state index contributed by atoms with van der Waals surface area (Å²) in [6, 6.07) is 15.3. The van der Waals surface area contributed by atoms with Gasteiger partial charge in [-0.2, -0.15) is 0 Å². The molecule has 6 heteroatoms. The molecule has 122 valence electrons. The van der Waals surface area contributed by atoms with Gasteiger partial charge in [0.05, 0.1) is 5.71 Å². The van der Waals surface area contributed by atoms with Crippen molar-refractivity contribution in [1.29, 1.82) is 0 Å². The van der Waals surface area contributed by atoms with Crippen LogP contribution in [-0.2, 0) is 16.2 Å². The van der Waals surface area contributed by atoms with Gasteiger partial charge >= 0.3 is 0 Å². The zero-order chi connectivity index (χ0) is 16.4. The summed E-state index contributed by atoms with van der Waals surface area (Å²) >= 11 is 0. The number of hydrogen-bond donors (Lipinski definition) is 1. The predicted octanol–water partition coefficient (Wildman–Crippen LogP) is 2.22. The summed E-state index contributed by atoms with van der Waals surface area (Å²) in [6.07, 6.45) is -0.119. The molecule has 2 heterocycles. The number of nitrogens with one attached hydrogen (secondary N) is 1. The van der Waals surface area contributed by atoms with Gasteiger partial charge in [0.25, 0.3) is 5.91 Å². The molecule has 4 rings (SSSR count). The summed E-state index contributed by atoms with van der Waals surface area (Å²) in [5.41, 5.74) is 2.71. The molecule has 2 aromatic carbocycles. The van der Waals surface area contributed by atoms with E-state index in [1.165, 1.54) is 0 Å². The molecule has 0 aromatic heterocycles. The Morgan fingerprint density at radius 2 is 1.96 bits per heavy atom. The van der Waals surface area contributed by atoms with Crippen molar-refractivity contribution in [3.05, 3.63) is 59.7 Å². The number of oxime groups is 1. The van der Waals surface area contributed by atoms with Gasteiger partial charge in [-0.3, -0.25) is 4.79 Å². The summed E-state index contributed by atoms with van der Waals surface area (Å²) in [7, 11) is 0. The Morgan fingerprint density at radius 3 is 2.83 bits per heavy atom. The highest BCUT2D eigenvalue weighted by Crippen LogP contribution is 2.32. The van der Waals surface area contributed by atoms with Gasteiger partial charge < -0.3 is 19.6 Å². The topological polar surface area (TPSA) is 69.2 Å². The van der Waals surface area contributed by atoms with Crippen molar-refractivity contribution in [2.24, 2.45) is 5.16 Å². The van der Waals surface area contributed by atoms with E-state index in [0.717, 1.165) is 22.6 Å². The third kappa shape index (κ3) is 2.90. The number of carbonyl (C=O) groups is 1. The van der Waals surface area contributed by atoms with Crippen molar-refractivity contribution >= 4 is 11.6 Å². The lowest BCUT2D eigenvalue weighted by molar-refractivity contribution is -0.131. The van der Waals surface area contributed by atoms with Gasteiger partial charge in [0.2, 0.25) is 12.9 Å². The summed E-state index contributed by atoms with van der Waals surface area (Å²) in [5, 5.41) is 6.90. The third-order valence-electron chi connectivity index (χ3n) is 3.97. The van der Waals surface area contributed by atoms with E-state index in [4.69, 9.17) is 14.3 Å². The van der Waals surface area contributed by atoms with Gasteiger partial charge in [0, 0.05) is 13.0 Å². The highest BCUT2D eigenvalue weighted by Gasteiger charge is 2.28. The monoisotopic (exact) mass is 324 g/mol. The Kier molecular flexibility index (Phi) is 3.78. The first-order chi connectivity index (χ1) is 11.8. The fraction of sp³-hybridized carbons (Fsp3) is 0.222. The van der Waals surface area contributed by atoms with Crippen LogP contribution in [0, 0.1) is 0 Å². The van der Waals surface area contributed by atoms with Gasteiger partial charge in [-0.1, -0.05) is 41.6 Å². The van der Waals surface area contributed by atoms with Crippen LogP contribution < -0.4 is 14.8 Å². The van der Waals surface area contributed by atoms with Gasteiger partial charge in [-0.15, -0.1) is 0 Å². The molecule has 2 aliphatic heterocycles. The minimum atomic E-state index is -0.589. The lowest BCUT2D eigenvalue weighted by atomic mass is 10.0.